The Morgan fingerprint density at radius 1 is 1.75 bits per heavy atom. The lowest BCUT2D eigenvalue weighted by molar-refractivity contribution is -0.125. The van der Waals surface area contributed by atoms with Gasteiger partial charge in [-0.3, -0.25) is 4.79 Å². The lowest BCUT2D eigenvalue weighted by atomic mass is 9.63. The van der Waals surface area contributed by atoms with Gasteiger partial charge in [-0.2, -0.15) is 0 Å². The molecule has 64 valence electrons. The molecule has 1 heterocycles. The van der Waals surface area contributed by atoms with Crippen LogP contribution >= 0.6 is 0 Å². The Bertz CT molecular complexity index is 233. The van der Waals surface area contributed by atoms with Crippen LogP contribution in [0.1, 0.15) is 26.7 Å². The first-order chi connectivity index (χ1) is 5.47. The standard InChI is InChI=1S/C9H14BNO/c1-4-9(2,10)7-5-8(12)11(3)6-7/h6H,4-5H2,1-3H3. The molecule has 1 aliphatic rings. The van der Waals surface area contributed by atoms with Gasteiger partial charge in [-0.1, -0.05) is 20.3 Å². The minimum atomic E-state index is -0.319. The third kappa shape index (κ3) is 1.54. The van der Waals surface area contributed by atoms with E-state index in [-0.39, 0.29) is 11.2 Å². The summed E-state index contributed by atoms with van der Waals surface area (Å²) in [6.45, 7) is 3.99. The zero-order valence-electron chi connectivity index (χ0n) is 7.92. The second-order valence-electron chi connectivity index (χ2n) is 3.61. The summed E-state index contributed by atoms with van der Waals surface area (Å²) in [6, 6.07) is 0. The maximum Gasteiger partial charge on any atom is 0.230 e. The SMILES string of the molecule is [B]C(C)(CC)C1=CN(C)C(=O)C1. The summed E-state index contributed by atoms with van der Waals surface area (Å²) in [6.07, 6.45) is 3.20. The maximum atomic E-state index is 11.2. The minimum absolute atomic E-state index is 0.134. The van der Waals surface area contributed by atoms with E-state index in [4.69, 9.17) is 7.85 Å². The van der Waals surface area contributed by atoms with Gasteiger partial charge < -0.3 is 4.90 Å². The molecule has 0 N–H and O–H groups in total. The molecule has 1 unspecified atom stereocenters. The van der Waals surface area contributed by atoms with Crippen LogP contribution in [0.3, 0.4) is 0 Å². The van der Waals surface area contributed by atoms with Crippen molar-refractivity contribution in [3.8, 4) is 0 Å². The summed E-state index contributed by atoms with van der Waals surface area (Å²) < 4.78 is 0. The van der Waals surface area contributed by atoms with Gasteiger partial charge in [-0.25, -0.2) is 0 Å². The van der Waals surface area contributed by atoms with Gasteiger partial charge in [0.05, 0.1) is 7.85 Å². The van der Waals surface area contributed by atoms with Crippen molar-refractivity contribution in [2.24, 2.45) is 0 Å². The van der Waals surface area contributed by atoms with E-state index in [1.165, 1.54) is 0 Å². The molecule has 0 bridgehead atoms. The van der Waals surface area contributed by atoms with Crippen LogP contribution in [0.2, 0.25) is 5.31 Å². The zero-order valence-corrected chi connectivity index (χ0v) is 7.92. The predicted molar refractivity (Wildman–Crippen MR) is 49.9 cm³/mol. The Morgan fingerprint density at radius 2 is 2.33 bits per heavy atom. The molecule has 1 atom stereocenters. The lowest BCUT2D eigenvalue weighted by Crippen LogP contribution is -2.14. The van der Waals surface area contributed by atoms with E-state index < -0.39 is 0 Å². The van der Waals surface area contributed by atoms with E-state index in [9.17, 15) is 4.79 Å². The molecule has 0 aliphatic carbocycles. The fourth-order valence-corrected chi connectivity index (χ4v) is 1.22. The van der Waals surface area contributed by atoms with Gasteiger partial charge in [0.2, 0.25) is 5.91 Å². The highest BCUT2D eigenvalue weighted by atomic mass is 16.2. The third-order valence-corrected chi connectivity index (χ3v) is 2.55. The summed E-state index contributed by atoms with van der Waals surface area (Å²) in [7, 11) is 7.76. The number of amides is 1. The van der Waals surface area contributed by atoms with E-state index >= 15 is 0 Å². The van der Waals surface area contributed by atoms with Crippen molar-refractivity contribution < 1.29 is 4.79 Å². The van der Waals surface area contributed by atoms with Crippen molar-refractivity contribution in [1.29, 1.82) is 0 Å². The van der Waals surface area contributed by atoms with Crippen molar-refractivity contribution in [1.82, 2.24) is 4.90 Å². The fraction of sp³-hybridized carbons (Fsp3) is 0.667. The maximum absolute atomic E-state index is 11.2. The van der Waals surface area contributed by atoms with E-state index in [2.05, 4.69) is 0 Å². The number of hydrogen-bond acceptors (Lipinski definition) is 1. The van der Waals surface area contributed by atoms with Crippen molar-refractivity contribution in [2.75, 3.05) is 7.05 Å². The fourth-order valence-electron chi connectivity index (χ4n) is 1.22. The highest BCUT2D eigenvalue weighted by molar-refractivity contribution is 6.17. The van der Waals surface area contributed by atoms with Gasteiger partial charge in [-0.15, -0.1) is 0 Å². The van der Waals surface area contributed by atoms with Crippen molar-refractivity contribution in [2.45, 2.75) is 32.0 Å². The number of carbonyl (C=O) groups is 1. The summed E-state index contributed by atoms with van der Waals surface area (Å²) >= 11 is 0. The number of hydrogen-bond donors (Lipinski definition) is 0. The highest BCUT2D eigenvalue weighted by Crippen LogP contribution is 2.39. The molecule has 0 saturated carbocycles. The first-order valence-electron chi connectivity index (χ1n) is 4.23. The summed E-state index contributed by atoms with van der Waals surface area (Å²) in [5.74, 6) is 0.134. The van der Waals surface area contributed by atoms with Crippen LogP contribution in [0, 0.1) is 0 Å². The summed E-state index contributed by atoms with van der Waals surface area (Å²) in [5, 5.41) is -0.319. The minimum Gasteiger partial charge on any atom is -0.322 e. The topological polar surface area (TPSA) is 20.3 Å². The molecule has 1 rings (SSSR count). The number of nitrogens with zero attached hydrogens (tertiary/aromatic N) is 1. The van der Waals surface area contributed by atoms with Gasteiger partial charge in [0.25, 0.3) is 0 Å². The van der Waals surface area contributed by atoms with Gasteiger partial charge in [0.1, 0.15) is 0 Å². The lowest BCUT2D eigenvalue weighted by Gasteiger charge is -2.23. The van der Waals surface area contributed by atoms with Crippen LogP contribution in [0.4, 0.5) is 0 Å². The smallest absolute Gasteiger partial charge is 0.230 e. The molecule has 0 aromatic heterocycles. The molecular formula is C9H14BNO. The second-order valence-corrected chi connectivity index (χ2v) is 3.61. The first kappa shape index (κ1) is 9.36. The van der Waals surface area contributed by atoms with Gasteiger partial charge in [-0.05, 0) is 10.9 Å². The molecule has 2 nitrogen and oxygen atoms in total. The van der Waals surface area contributed by atoms with Gasteiger partial charge >= 0.3 is 0 Å². The molecule has 0 fully saturated rings. The Balaban J connectivity index is 2.79. The monoisotopic (exact) mass is 163 g/mol. The average Bonchev–Trinajstić information content (AvgIpc) is 2.33. The van der Waals surface area contributed by atoms with E-state index in [1.807, 2.05) is 20.0 Å². The average molecular weight is 163 g/mol. The van der Waals surface area contributed by atoms with Crippen LogP contribution in [-0.2, 0) is 4.79 Å². The van der Waals surface area contributed by atoms with E-state index in [0.717, 1.165) is 12.0 Å². The van der Waals surface area contributed by atoms with Gasteiger partial charge in [0.15, 0.2) is 0 Å². The van der Waals surface area contributed by atoms with Crippen molar-refractivity contribution in [3.05, 3.63) is 11.8 Å². The third-order valence-electron chi connectivity index (χ3n) is 2.55. The Morgan fingerprint density at radius 3 is 2.67 bits per heavy atom. The van der Waals surface area contributed by atoms with E-state index in [0.29, 0.717) is 6.42 Å². The molecule has 1 aliphatic heterocycles. The highest BCUT2D eigenvalue weighted by Gasteiger charge is 2.28. The quantitative estimate of drug-likeness (QED) is 0.564. The zero-order chi connectivity index (χ0) is 9.35. The van der Waals surface area contributed by atoms with Crippen LogP contribution in [0.15, 0.2) is 11.8 Å². The number of carbonyl (C=O) groups excluding carboxylic acids is 1. The Hall–Kier alpha value is -0.725. The van der Waals surface area contributed by atoms with Crippen molar-refractivity contribution >= 4 is 13.8 Å². The molecule has 1 amide bonds. The first-order valence-corrected chi connectivity index (χ1v) is 4.23. The summed E-state index contributed by atoms with van der Waals surface area (Å²) in [5.41, 5.74) is 1.04. The molecular weight excluding hydrogens is 149 g/mol. The molecule has 0 aromatic carbocycles. The molecule has 0 aromatic rings. The summed E-state index contributed by atoms with van der Waals surface area (Å²) in [4.78, 5) is 12.8. The normalized spacial score (nSPS) is 22.4. The molecule has 0 saturated heterocycles. The predicted octanol–water partition coefficient (Wildman–Crippen LogP) is 1.49. The van der Waals surface area contributed by atoms with Crippen molar-refractivity contribution in [3.63, 3.8) is 0 Å². The van der Waals surface area contributed by atoms with Crippen LogP contribution in [0.25, 0.3) is 0 Å². The van der Waals surface area contributed by atoms with Crippen LogP contribution < -0.4 is 0 Å². The van der Waals surface area contributed by atoms with Crippen LogP contribution in [-0.4, -0.2) is 25.7 Å². The van der Waals surface area contributed by atoms with Gasteiger partial charge in [0, 0.05) is 19.7 Å². The second kappa shape index (κ2) is 2.96. The van der Waals surface area contributed by atoms with Crippen LogP contribution in [0.5, 0.6) is 0 Å². The van der Waals surface area contributed by atoms with E-state index in [1.54, 1.807) is 11.9 Å². The number of rotatable bonds is 2. The largest absolute Gasteiger partial charge is 0.322 e. The molecule has 2 radical (unpaired) electrons. The molecule has 0 spiro atoms. The Labute approximate surface area is 75.0 Å². The Kier molecular flexibility index (Phi) is 2.31. The molecule has 12 heavy (non-hydrogen) atoms. The molecule has 3 heteroatoms.